The van der Waals surface area contributed by atoms with Crippen molar-refractivity contribution in [3.05, 3.63) is 114 Å². The summed E-state index contributed by atoms with van der Waals surface area (Å²) in [4.78, 5) is 40.1. The average Bonchev–Trinajstić information content (AvgIpc) is 3.05. The van der Waals surface area contributed by atoms with Crippen LogP contribution in [0.25, 0.3) is 6.08 Å². The van der Waals surface area contributed by atoms with E-state index in [2.05, 4.69) is 16.0 Å². The van der Waals surface area contributed by atoms with Crippen molar-refractivity contribution in [2.24, 2.45) is 0 Å². The van der Waals surface area contributed by atoms with E-state index in [0.717, 1.165) is 4.90 Å². The summed E-state index contributed by atoms with van der Waals surface area (Å²) in [5.41, 5.74) is 2.20. The molecule has 0 saturated carbocycles. The van der Waals surface area contributed by atoms with Crippen LogP contribution < -0.4 is 30.2 Å². The number of hydrogen-bond donors (Lipinski definition) is 3. The predicted molar refractivity (Wildman–Crippen MR) is 173 cm³/mol. The summed E-state index contributed by atoms with van der Waals surface area (Å²) in [6.45, 7) is 1.79. The van der Waals surface area contributed by atoms with Gasteiger partial charge in [0.15, 0.2) is 0 Å². The summed E-state index contributed by atoms with van der Waals surface area (Å²) >= 11 is 1.33. The van der Waals surface area contributed by atoms with Crippen LogP contribution in [0.2, 0.25) is 0 Å². The average molecular weight is 612 g/mol. The predicted octanol–water partition coefficient (Wildman–Crippen LogP) is 6.24. The van der Waals surface area contributed by atoms with Gasteiger partial charge in [-0.1, -0.05) is 36.4 Å². The van der Waals surface area contributed by atoms with E-state index in [1.807, 2.05) is 12.1 Å². The molecule has 9 nitrogen and oxygen atoms in total. The number of anilines is 2. The van der Waals surface area contributed by atoms with Gasteiger partial charge in [0.05, 0.1) is 32.3 Å². The third-order valence-corrected chi connectivity index (χ3v) is 7.49. The number of rotatable bonds is 12. The molecule has 4 aromatic rings. The molecule has 3 N–H and O–H groups in total. The number of carbonyl (C=O) groups excluding carboxylic acids is 3. The summed E-state index contributed by atoms with van der Waals surface area (Å²) in [5, 5.41) is 8.02. The van der Waals surface area contributed by atoms with E-state index < -0.39 is 17.1 Å². The molecule has 0 spiro atoms. The molecule has 0 fully saturated rings. The Labute approximate surface area is 260 Å². The van der Waals surface area contributed by atoms with Gasteiger partial charge in [0.1, 0.15) is 22.9 Å². The Morgan fingerprint density at radius 3 is 2.14 bits per heavy atom. The third-order valence-electron chi connectivity index (χ3n) is 6.40. The van der Waals surface area contributed by atoms with Crippen molar-refractivity contribution >= 4 is 46.9 Å². The maximum absolute atomic E-state index is 13.4. The van der Waals surface area contributed by atoms with Crippen molar-refractivity contribution in [2.45, 2.75) is 17.1 Å². The standard InChI is InChI=1S/C34H33N3O6S/c1-22(32(38)36-29-18-17-27(42-3)21-31(29)43-4)44-28-12-8-11-25(20-28)35-34(40)30(19-23-13-15-26(41-2)16-14-23)37-33(39)24-9-6-5-7-10-24/h5-22H,1-4H3,(H,35,40)(H,36,38)(H,37,39)/b30-19+. The Morgan fingerprint density at radius 1 is 0.750 bits per heavy atom. The molecule has 0 bridgehead atoms. The number of methoxy groups -OCH3 is 3. The Bertz CT molecular complexity index is 1640. The lowest BCUT2D eigenvalue weighted by atomic mass is 10.1. The molecule has 0 heterocycles. The molecule has 1 unspecified atom stereocenters. The van der Waals surface area contributed by atoms with Crippen molar-refractivity contribution in [3.63, 3.8) is 0 Å². The van der Waals surface area contributed by atoms with E-state index >= 15 is 0 Å². The second kappa shape index (κ2) is 15.3. The van der Waals surface area contributed by atoms with Crippen LogP contribution in [-0.2, 0) is 9.59 Å². The van der Waals surface area contributed by atoms with Crippen LogP contribution >= 0.6 is 11.8 Å². The van der Waals surface area contributed by atoms with Crippen molar-refractivity contribution in [3.8, 4) is 17.2 Å². The van der Waals surface area contributed by atoms with Crippen molar-refractivity contribution in [1.29, 1.82) is 0 Å². The quantitative estimate of drug-likeness (QED) is 0.128. The molecule has 0 saturated heterocycles. The number of ether oxygens (including phenoxy) is 3. The van der Waals surface area contributed by atoms with Crippen LogP contribution in [0.1, 0.15) is 22.8 Å². The monoisotopic (exact) mass is 611 g/mol. The van der Waals surface area contributed by atoms with E-state index in [0.29, 0.717) is 39.8 Å². The van der Waals surface area contributed by atoms with Crippen molar-refractivity contribution < 1.29 is 28.6 Å². The number of carbonyl (C=O) groups is 3. The molecule has 0 radical (unpaired) electrons. The van der Waals surface area contributed by atoms with Gasteiger partial charge in [0.25, 0.3) is 11.8 Å². The highest BCUT2D eigenvalue weighted by molar-refractivity contribution is 8.00. The summed E-state index contributed by atoms with van der Waals surface area (Å²) in [7, 11) is 4.65. The minimum absolute atomic E-state index is 0.0586. The molecule has 3 amide bonds. The van der Waals surface area contributed by atoms with E-state index in [-0.39, 0.29) is 11.6 Å². The molecule has 1 atom stereocenters. The van der Waals surface area contributed by atoms with Crippen molar-refractivity contribution in [2.75, 3.05) is 32.0 Å². The second-order valence-corrected chi connectivity index (χ2v) is 10.9. The van der Waals surface area contributed by atoms with E-state index in [1.165, 1.54) is 18.9 Å². The van der Waals surface area contributed by atoms with Gasteiger partial charge in [-0.15, -0.1) is 11.8 Å². The zero-order valence-electron chi connectivity index (χ0n) is 24.8. The van der Waals surface area contributed by atoms with E-state index in [9.17, 15) is 14.4 Å². The molecule has 4 aromatic carbocycles. The maximum atomic E-state index is 13.4. The fourth-order valence-corrected chi connectivity index (χ4v) is 4.97. The first-order valence-electron chi connectivity index (χ1n) is 13.6. The van der Waals surface area contributed by atoms with E-state index in [4.69, 9.17) is 14.2 Å². The first-order chi connectivity index (χ1) is 21.3. The Balaban J connectivity index is 1.47. The minimum atomic E-state index is -0.510. The minimum Gasteiger partial charge on any atom is -0.497 e. The Hall–Kier alpha value is -5.22. The fraction of sp³-hybridized carbons (Fsp3) is 0.147. The molecular weight excluding hydrogens is 578 g/mol. The Kier molecular flexibility index (Phi) is 11.0. The summed E-state index contributed by atoms with van der Waals surface area (Å²) in [6.07, 6.45) is 1.59. The highest BCUT2D eigenvalue weighted by Gasteiger charge is 2.19. The highest BCUT2D eigenvalue weighted by Crippen LogP contribution is 2.31. The van der Waals surface area contributed by atoms with Gasteiger partial charge in [0.2, 0.25) is 5.91 Å². The first kappa shape index (κ1) is 31.7. The lowest BCUT2D eigenvalue weighted by Crippen LogP contribution is -2.30. The second-order valence-electron chi connectivity index (χ2n) is 9.45. The topological polar surface area (TPSA) is 115 Å². The molecule has 10 heteroatoms. The Morgan fingerprint density at radius 2 is 1.45 bits per heavy atom. The van der Waals surface area contributed by atoms with Crippen LogP contribution in [0.3, 0.4) is 0 Å². The zero-order valence-corrected chi connectivity index (χ0v) is 25.6. The SMILES string of the molecule is COc1ccc(/C=C(/NC(=O)c2ccccc2)C(=O)Nc2cccc(SC(C)C(=O)Nc3ccc(OC)cc3OC)c2)cc1. The zero-order chi connectivity index (χ0) is 31.5. The van der Waals surface area contributed by atoms with Gasteiger partial charge < -0.3 is 30.2 Å². The number of amides is 3. The highest BCUT2D eigenvalue weighted by atomic mass is 32.2. The van der Waals surface area contributed by atoms with Crippen LogP contribution in [0.4, 0.5) is 11.4 Å². The first-order valence-corrected chi connectivity index (χ1v) is 14.5. The van der Waals surface area contributed by atoms with Crippen LogP contribution in [0, 0.1) is 0 Å². The normalized spacial score (nSPS) is 11.6. The van der Waals surface area contributed by atoms with Gasteiger partial charge in [-0.05, 0) is 73.2 Å². The van der Waals surface area contributed by atoms with Crippen molar-refractivity contribution in [1.82, 2.24) is 5.32 Å². The smallest absolute Gasteiger partial charge is 0.272 e. The summed E-state index contributed by atoms with van der Waals surface area (Å²) in [6, 6.07) is 28.0. The van der Waals surface area contributed by atoms with E-state index in [1.54, 1.807) is 112 Å². The largest absolute Gasteiger partial charge is 0.497 e. The molecule has 0 aliphatic heterocycles. The summed E-state index contributed by atoms with van der Waals surface area (Å²) in [5.74, 6) is 0.617. The van der Waals surface area contributed by atoms with Crippen LogP contribution in [-0.4, -0.2) is 44.3 Å². The van der Waals surface area contributed by atoms with Gasteiger partial charge in [0, 0.05) is 22.2 Å². The van der Waals surface area contributed by atoms with Crippen LogP contribution in [0.5, 0.6) is 17.2 Å². The molecule has 226 valence electrons. The lowest BCUT2D eigenvalue weighted by molar-refractivity contribution is -0.115. The molecule has 0 aromatic heterocycles. The molecule has 44 heavy (non-hydrogen) atoms. The number of thioether (sulfide) groups is 1. The third kappa shape index (κ3) is 8.65. The summed E-state index contributed by atoms with van der Waals surface area (Å²) < 4.78 is 15.8. The molecule has 0 aliphatic rings. The van der Waals surface area contributed by atoms with Gasteiger partial charge in [-0.3, -0.25) is 14.4 Å². The van der Waals surface area contributed by atoms with Crippen LogP contribution in [0.15, 0.2) is 108 Å². The van der Waals surface area contributed by atoms with Gasteiger partial charge in [-0.2, -0.15) is 0 Å². The maximum Gasteiger partial charge on any atom is 0.272 e. The van der Waals surface area contributed by atoms with Gasteiger partial charge in [-0.25, -0.2) is 0 Å². The number of hydrogen-bond acceptors (Lipinski definition) is 7. The molecular formula is C34H33N3O6S. The fourth-order valence-electron chi connectivity index (χ4n) is 4.05. The number of benzene rings is 4. The number of nitrogens with one attached hydrogen (secondary N) is 3. The molecule has 0 aliphatic carbocycles. The molecule has 4 rings (SSSR count). The van der Waals surface area contributed by atoms with Gasteiger partial charge >= 0.3 is 0 Å². The lowest BCUT2D eigenvalue weighted by Gasteiger charge is -2.16.